The van der Waals surface area contributed by atoms with Crippen LogP contribution in [0.4, 0.5) is 0 Å². The van der Waals surface area contributed by atoms with Crippen LogP contribution in [0.25, 0.3) is 5.70 Å². The molecular formula is C12H11ClN2S. The van der Waals surface area contributed by atoms with Gasteiger partial charge in [-0.15, -0.1) is 0 Å². The Morgan fingerprint density at radius 1 is 1.25 bits per heavy atom. The van der Waals surface area contributed by atoms with E-state index < -0.39 is 0 Å². The highest BCUT2D eigenvalue weighted by Gasteiger charge is 2.25. The van der Waals surface area contributed by atoms with Crippen molar-refractivity contribution in [3.05, 3.63) is 40.3 Å². The van der Waals surface area contributed by atoms with Crippen LogP contribution in [0.15, 0.2) is 34.7 Å². The molecule has 16 heavy (non-hydrogen) atoms. The Hall–Kier alpha value is -0.930. The molecular weight excluding hydrogens is 240 g/mol. The summed E-state index contributed by atoms with van der Waals surface area (Å²) in [4.78, 5) is 6.80. The maximum Gasteiger partial charge on any atom is 0.168 e. The van der Waals surface area contributed by atoms with E-state index >= 15 is 0 Å². The van der Waals surface area contributed by atoms with Crippen molar-refractivity contribution < 1.29 is 0 Å². The van der Waals surface area contributed by atoms with E-state index in [1.807, 2.05) is 12.1 Å². The van der Waals surface area contributed by atoms with Gasteiger partial charge in [0.25, 0.3) is 0 Å². The Morgan fingerprint density at radius 2 is 2.06 bits per heavy atom. The zero-order chi connectivity index (χ0) is 11.0. The second-order valence-corrected chi connectivity index (χ2v) is 5.07. The van der Waals surface area contributed by atoms with Gasteiger partial charge in [-0.05, 0) is 24.1 Å². The van der Waals surface area contributed by atoms with Gasteiger partial charge >= 0.3 is 0 Å². The van der Waals surface area contributed by atoms with Crippen molar-refractivity contribution in [2.75, 3.05) is 13.1 Å². The molecule has 0 atom stereocenters. The van der Waals surface area contributed by atoms with Crippen LogP contribution in [0, 0.1) is 0 Å². The standard InChI is InChI=1S/C12H11ClN2S/c13-10-4-2-9(3-5-10)11-8-16-12-14-6-1-7-15(11)12/h2-5,8H,1,6-7H2. The van der Waals surface area contributed by atoms with Gasteiger partial charge in [0, 0.05) is 23.5 Å². The van der Waals surface area contributed by atoms with Crippen molar-refractivity contribution in [2.24, 2.45) is 4.99 Å². The molecule has 0 saturated heterocycles. The number of amidine groups is 1. The lowest BCUT2D eigenvalue weighted by molar-refractivity contribution is 0.542. The van der Waals surface area contributed by atoms with Crippen molar-refractivity contribution in [1.29, 1.82) is 0 Å². The number of benzene rings is 1. The average molecular weight is 251 g/mol. The van der Waals surface area contributed by atoms with E-state index in [2.05, 4.69) is 27.4 Å². The van der Waals surface area contributed by atoms with Gasteiger partial charge in [0.1, 0.15) is 0 Å². The fourth-order valence-corrected chi connectivity index (χ4v) is 3.01. The molecule has 1 aromatic carbocycles. The average Bonchev–Trinajstić information content (AvgIpc) is 2.74. The molecule has 2 aliphatic heterocycles. The minimum absolute atomic E-state index is 0.780. The van der Waals surface area contributed by atoms with Gasteiger partial charge in [0.2, 0.25) is 0 Å². The minimum Gasteiger partial charge on any atom is -0.320 e. The highest BCUT2D eigenvalue weighted by molar-refractivity contribution is 8.16. The van der Waals surface area contributed by atoms with Crippen molar-refractivity contribution in [2.45, 2.75) is 6.42 Å². The number of hydrogen-bond donors (Lipinski definition) is 0. The number of hydrogen-bond acceptors (Lipinski definition) is 3. The lowest BCUT2D eigenvalue weighted by atomic mass is 10.1. The number of nitrogens with zero attached hydrogens (tertiary/aromatic N) is 2. The first kappa shape index (κ1) is 10.2. The third-order valence-electron chi connectivity index (χ3n) is 2.72. The molecule has 0 aliphatic carbocycles. The molecule has 82 valence electrons. The largest absolute Gasteiger partial charge is 0.320 e. The Labute approximate surface area is 104 Å². The summed E-state index contributed by atoms with van der Waals surface area (Å²) in [7, 11) is 0. The van der Waals surface area contributed by atoms with Crippen LogP contribution in [0.2, 0.25) is 5.02 Å². The first-order valence-electron chi connectivity index (χ1n) is 5.29. The number of rotatable bonds is 1. The maximum absolute atomic E-state index is 5.89. The van der Waals surface area contributed by atoms with Gasteiger partial charge in [0.15, 0.2) is 5.17 Å². The predicted molar refractivity (Wildman–Crippen MR) is 70.6 cm³/mol. The number of thioether (sulfide) groups is 1. The highest BCUT2D eigenvalue weighted by Crippen LogP contribution is 2.35. The quantitative estimate of drug-likeness (QED) is 0.759. The van der Waals surface area contributed by atoms with E-state index in [-0.39, 0.29) is 0 Å². The van der Waals surface area contributed by atoms with Crippen LogP contribution in [-0.2, 0) is 0 Å². The molecule has 0 bridgehead atoms. The molecule has 4 heteroatoms. The summed E-state index contributed by atoms with van der Waals surface area (Å²) in [5, 5.41) is 4.09. The van der Waals surface area contributed by atoms with Crippen LogP contribution in [-0.4, -0.2) is 23.2 Å². The molecule has 0 spiro atoms. The minimum atomic E-state index is 0.780. The Morgan fingerprint density at radius 3 is 2.88 bits per heavy atom. The van der Waals surface area contributed by atoms with E-state index in [1.54, 1.807) is 11.8 Å². The Kier molecular flexibility index (Phi) is 2.65. The first-order chi connectivity index (χ1) is 7.84. The molecule has 0 N–H and O–H groups in total. The molecule has 0 radical (unpaired) electrons. The SMILES string of the molecule is Clc1ccc(C2=CSC3=NCCCN23)cc1. The Bertz CT molecular complexity index is 464. The molecule has 2 nitrogen and oxygen atoms in total. The van der Waals surface area contributed by atoms with Gasteiger partial charge in [-0.3, -0.25) is 4.99 Å². The van der Waals surface area contributed by atoms with Gasteiger partial charge in [-0.25, -0.2) is 0 Å². The zero-order valence-electron chi connectivity index (χ0n) is 8.69. The second-order valence-electron chi connectivity index (χ2n) is 3.80. The molecule has 3 rings (SSSR count). The van der Waals surface area contributed by atoms with E-state index in [4.69, 9.17) is 11.6 Å². The van der Waals surface area contributed by atoms with E-state index in [0.29, 0.717) is 0 Å². The third kappa shape index (κ3) is 1.74. The van der Waals surface area contributed by atoms with Crippen LogP contribution in [0.3, 0.4) is 0 Å². The number of fused-ring (bicyclic) bond motifs is 1. The van der Waals surface area contributed by atoms with E-state index in [0.717, 1.165) is 29.7 Å². The second kappa shape index (κ2) is 4.15. The summed E-state index contributed by atoms with van der Waals surface area (Å²) in [5.74, 6) is 0. The third-order valence-corrected chi connectivity index (χ3v) is 3.88. The summed E-state index contributed by atoms with van der Waals surface area (Å²) >= 11 is 7.61. The molecule has 0 amide bonds. The van der Waals surface area contributed by atoms with Crippen molar-refractivity contribution >= 4 is 34.2 Å². The monoisotopic (exact) mass is 250 g/mol. The van der Waals surface area contributed by atoms with Gasteiger partial charge in [-0.2, -0.15) is 0 Å². The summed E-state index contributed by atoms with van der Waals surface area (Å²) in [6, 6.07) is 7.99. The maximum atomic E-state index is 5.89. The van der Waals surface area contributed by atoms with Gasteiger partial charge in [0.05, 0.1) is 5.70 Å². The first-order valence-corrected chi connectivity index (χ1v) is 6.55. The summed E-state index contributed by atoms with van der Waals surface area (Å²) in [6.07, 6.45) is 1.13. The predicted octanol–water partition coefficient (Wildman–Crippen LogP) is 3.45. The summed E-state index contributed by atoms with van der Waals surface area (Å²) in [5.41, 5.74) is 2.46. The molecule has 0 unspecified atom stereocenters. The molecule has 0 saturated carbocycles. The van der Waals surface area contributed by atoms with Crippen LogP contribution < -0.4 is 0 Å². The molecule has 2 heterocycles. The van der Waals surface area contributed by atoms with Crippen molar-refractivity contribution in [3.63, 3.8) is 0 Å². The number of aliphatic imine (C=N–C) groups is 1. The van der Waals surface area contributed by atoms with Crippen LogP contribution in [0.1, 0.15) is 12.0 Å². The van der Waals surface area contributed by atoms with E-state index in [1.165, 1.54) is 11.3 Å². The molecule has 0 fully saturated rings. The van der Waals surface area contributed by atoms with Crippen molar-refractivity contribution in [1.82, 2.24) is 4.90 Å². The van der Waals surface area contributed by atoms with Crippen LogP contribution >= 0.6 is 23.4 Å². The molecule has 1 aromatic rings. The van der Waals surface area contributed by atoms with E-state index in [9.17, 15) is 0 Å². The van der Waals surface area contributed by atoms with Gasteiger partial charge < -0.3 is 4.90 Å². The van der Waals surface area contributed by atoms with Gasteiger partial charge in [-0.1, -0.05) is 35.5 Å². The zero-order valence-corrected chi connectivity index (χ0v) is 10.3. The molecule has 0 aromatic heterocycles. The molecule has 2 aliphatic rings. The normalized spacial score (nSPS) is 19.2. The summed E-state index contributed by atoms with van der Waals surface area (Å²) in [6.45, 7) is 2.03. The highest BCUT2D eigenvalue weighted by atomic mass is 35.5. The fourth-order valence-electron chi connectivity index (χ4n) is 1.93. The smallest absolute Gasteiger partial charge is 0.168 e. The van der Waals surface area contributed by atoms with Crippen LogP contribution in [0.5, 0.6) is 0 Å². The number of halogens is 1. The van der Waals surface area contributed by atoms with Crippen molar-refractivity contribution in [3.8, 4) is 0 Å². The lowest BCUT2D eigenvalue weighted by Gasteiger charge is -2.25. The lowest BCUT2D eigenvalue weighted by Crippen LogP contribution is -2.28. The topological polar surface area (TPSA) is 15.6 Å². The Balaban J connectivity index is 1.93. The fraction of sp³-hybridized carbons (Fsp3) is 0.250. The summed E-state index contributed by atoms with van der Waals surface area (Å²) < 4.78 is 0.